The van der Waals surface area contributed by atoms with Gasteiger partial charge in [0.1, 0.15) is 5.75 Å². The average molecular weight is 270 g/mol. The number of rotatable bonds is 9. The maximum Gasteiger partial charge on any atom is 0.123 e. The molecule has 0 aromatic heterocycles. The van der Waals surface area contributed by atoms with Crippen molar-refractivity contribution in [1.82, 2.24) is 0 Å². The van der Waals surface area contributed by atoms with Gasteiger partial charge in [-0.3, -0.25) is 0 Å². The first-order valence-corrected chi connectivity index (χ1v) is 7.27. The van der Waals surface area contributed by atoms with Crippen molar-refractivity contribution in [2.45, 2.75) is 52.0 Å². The van der Waals surface area contributed by atoms with Crippen LogP contribution in [0.4, 0.5) is 0 Å². The highest BCUT2D eigenvalue weighted by Gasteiger charge is 2.02. The van der Waals surface area contributed by atoms with Crippen LogP contribution in [0.25, 0.3) is 0 Å². The second-order valence-corrected chi connectivity index (χ2v) is 5.01. The van der Waals surface area contributed by atoms with Crippen LogP contribution in [0.3, 0.4) is 0 Å². The fraction of sp³-hybridized carbons (Fsp3) is 0.600. The van der Waals surface area contributed by atoms with E-state index >= 15 is 0 Å². The summed E-state index contributed by atoms with van der Waals surface area (Å²) < 4.78 is 5.75. The molecule has 0 spiro atoms. The summed E-state index contributed by atoms with van der Waals surface area (Å²) in [7, 11) is 0. The van der Waals surface area contributed by atoms with E-state index in [0.29, 0.717) is 11.6 Å². The van der Waals surface area contributed by atoms with E-state index in [-0.39, 0.29) is 0 Å². The smallest absolute Gasteiger partial charge is 0.123 e. The monoisotopic (exact) mass is 269 g/mol. The number of unbranched alkanes of at least 4 members (excludes halogenated alkanes) is 5. The summed E-state index contributed by atoms with van der Waals surface area (Å²) in [6.07, 6.45) is 7.63. The summed E-state index contributed by atoms with van der Waals surface area (Å²) in [6, 6.07) is 5.62. The van der Waals surface area contributed by atoms with Crippen molar-refractivity contribution < 1.29 is 4.74 Å². The first kappa shape index (κ1) is 15.3. The lowest BCUT2D eigenvalue weighted by Crippen LogP contribution is -2.03. The summed E-state index contributed by atoms with van der Waals surface area (Å²) >= 11 is 5.92. The number of hydrogen-bond donors (Lipinski definition) is 1. The predicted octanol–water partition coefficient (Wildman–Crippen LogP) is 4.54. The number of halogens is 1. The average Bonchev–Trinajstić information content (AvgIpc) is 2.39. The van der Waals surface area contributed by atoms with Crippen LogP contribution in [-0.2, 0) is 6.54 Å². The van der Waals surface area contributed by atoms with E-state index in [4.69, 9.17) is 22.1 Å². The molecule has 0 amide bonds. The molecule has 0 fully saturated rings. The van der Waals surface area contributed by atoms with Crippen LogP contribution in [0.2, 0.25) is 5.02 Å². The molecule has 3 heteroatoms. The largest absolute Gasteiger partial charge is 0.493 e. The van der Waals surface area contributed by atoms with E-state index in [1.165, 1.54) is 32.1 Å². The van der Waals surface area contributed by atoms with E-state index in [9.17, 15) is 0 Å². The van der Waals surface area contributed by atoms with Crippen LogP contribution in [0.5, 0.6) is 5.75 Å². The molecule has 0 saturated carbocycles. The van der Waals surface area contributed by atoms with Crippen LogP contribution in [0.15, 0.2) is 18.2 Å². The van der Waals surface area contributed by atoms with Crippen LogP contribution >= 0.6 is 11.6 Å². The molecule has 0 unspecified atom stereocenters. The van der Waals surface area contributed by atoms with Crippen molar-refractivity contribution in [3.05, 3.63) is 28.8 Å². The SMILES string of the molecule is CCCCCCCCOc1ccc(Cl)cc1CN. The molecular formula is C15H24ClNO. The van der Waals surface area contributed by atoms with Gasteiger partial charge in [0.15, 0.2) is 0 Å². The number of benzene rings is 1. The number of ether oxygens (including phenoxy) is 1. The van der Waals surface area contributed by atoms with Crippen LogP contribution < -0.4 is 10.5 Å². The van der Waals surface area contributed by atoms with Crippen molar-refractivity contribution in [2.75, 3.05) is 6.61 Å². The van der Waals surface area contributed by atoms with Gasteiger partial charge in [-0.1, -0.05) is 50.6 Å². The summed E-state index contributed by atoms with van der Waals surface area (Å²) in [5.41, 5.74) is 6.65. The van der Waals surface area contributed by atoms with Gasteiger partial charge in [-0.2, -0.15) is 0 Å². The zero-order chi connectivity index (χ0) is 13.2. The van der Waals surface area contributed by atoms with Gasteiger partial charge in [-0.25, -0.2) is 0 Å². The molecule has 18 heavy (non-hydrogen) atoms. The zero-order valence-electron chi connectivity index (χ0n) is 11.3. The summed E-state index contributed by atoms with van der Waals surface area (Å²) in [5, 5.41) is 0.711. The first-order chi connectivity index (χ1) is 8.77. The van der Waals surface area contributed by atoms with Gasteiger partial charge >= 0.3 is 0 Å². The van der Waals surface area contributed by atoms with E-state index in [0.717, 1.165) is 24.3 Å². The lowest BCUT2D eigenvalue weighted by molar-refractivity contribution is 0.301. The zero-order valence-corrected chi connectivity index (χ0v) is 12.0. The van der Waals surface area contributed by atoms with E-state index in [2.05, 4.69) is 6.92 Å². The molecule has 102 valence electrons. The van der Waals surface area contributed by atoms with Crippen LogP contribution in [0.1, 0.15) is 51.0 Å². The third kappa shape index (κ3) is 5.74. The van der Waals surface area contributed by atoms with Gasteiger partial charge in [0, 0.05) is 17.1 Å². The summed E-state index contributed by atoms with van der Waals surface area (Å²) in [5.74, 6) is 0.871. The molecule has 0 radical (unpaired) electrons. The minimum absolute atomic E-state index is 0.465. The van der Waals surface area contributed by atoms with Gasteiger partial charge in [0.25, 0.3) is 0 Å². The Morgan fingerprint density at radius 3 is 2.56 bits per heavy atom. The summed E-state index contributed by atoms with van der Waals surface area (Å²) in [4.78, 5) is 0. The molecule has 0 aliphatic heterocycles. The molecule has 2 N–H and O–H groups in total. The van der Waals surface area contributed by atoms with Crippen LogP contribution in [0, 0.1) is 0 Å². The third-order valence-electron chi connectivity index (χ3n) is 3.00. The quantitative estimate of drug-likeness (QED) is 0.668. The maximum absolute atomic E-state index is 5.92. The van der Waals surface area contributed by atoms with Gasteiger partial charge in [0.05, 0.1) is 6.61 Å². The molecule has 0 saturated heterocycles. The summed E-state index contributed by atoms with van der Waals surface area (Å²) in [6.45, 7) is 3.46. The van der Waals surface area contributed by atoms with E-state index in [1.54, 1.807) is 0 Å². The fourth-order valence-electron chi connectivity index (χ4n) is 1.91. The Balaban J connectivity index is 2.22. The van der Waals surface area contributed by atoms with Crippen molar-refractivity contribution >= 4 is 11.6 Å². The lowest BCUT2D eigenvalue weighted by atomic mass is 10.1. The molecule has 0 aliphatic carbocycles. The number of nitrogens with two attached hydrogens (primary N) is 1. The van der Waals surface area contributed by atoms with E-state index in [1.807, 2.05) is 18.2 Å². The van der Waals surface area contributed by atoms with Gasteiger partial charge in [0.2, 0.25) is 0 Å². The van der Waals surface area contributed by atoms with Crippen molar-refractivity contribution in [1.29, 1.82) is 0 Å². The molecule has 0 atom stereocenters. The van der Waals surface area contributed by atoms with Crippen molar-refractivity contribution in [3.63, 3.8) is 0 Å². The Kier molecular flexibility index (Phi) is 7.86. The Morgan fingerprint density at radius 2 is 1.83 bits per heavy atom. The fourth-order valence-corrected chi connectivity index (χ4v) is 2.11. The molecule has 2 nitrogen and oxygen atoms in total. The maximum atomic E-state index is 5.92. The standard InChI is InChI=1S/C15H24ClNO/c1-2-3-4-5-6-7-10-18-15-9-8-14(16)11-13(15)12-17/h8-9,11H,2-7,10,12,17H2,1H3. The van der Waals surface area contributed by atoms with Gasteiger partial charge < -0.3 is 10.5 Å². The molecule has 0 heterocycles. The van der Waals surface area contributed by atoms with E-state index < -0.39 is 0 Å². The van der Waals surface area contributed by atoms with Crippen molar-refractivity contribution in [3.8, 4) is 5.75 Å². The third-order valence-corrected chi connectivity index (χ3v) is 3.23. The first-order valence-electron chi connectivity index (χ1n) is 6.89. The predicted molar refractivity (Wildman–Crippen MR) is 78.2 cm³/mol. The highest BCUT2D eigenvalue weighted by molar-refractivity contribution is 6.30. The van der Waals surface area contributed by atoms with Gasteiger partial charge in [-0.15, -0.1) is 0 Å². The molecular weight excluding hydrogens is 246 g/mol. The Hall–Kier alpha value is -0.730. The van der Waals surface area contributed by atoms with Crippen LogP contribution in [-0.4, -0.2) is 6.61 Å². The molecule has 1 rings (SSSR count). The topological polar surface area (TPSA) is 35.2 Å². The molecule has 1 aromatic rings. The second-order valence-electron chi connectivity index (χ2n) is 4.57. The van der Waals surface area contributed by atoms with Crippen molar-refractivity contribution in [2.24, 2.45) is 5.73 Å². The highest BCUT2D eigenvalue weighted by Crippen LogP contribution is 2.22. The minimum atomic E-state index is 0.465. The number of hydrogen-bond acceptors (Lipinski definition) is 2. The lowest BCUT2D eigenvalue weighted by Gasteiger charge is -2.10. The Labute approximate surface area is 115 Å². The molecule has 0 bridgehead atoms. The minimum Gasteiger partial charge on any atom is -0.493 e. The Bertz CT molecular complexity index is 341. The van der Waals surface area contributed by atoms with Gasteiger partial charge in [-0.05, 0) is 24.6 Å². The highest BCUT2D eigenvalue weighted by atomic mass is 35.5. The Morgan fingerprint density at radius 1 is 1.11 bits per heavy atom. The normalized spacial score (nSPS) is 10.6. The second kappa shape index (κ2) is 9.23. The molecule has 0 aliphatic rings. The molecule has 1 aromatic carbocycles.